The van der Waals surface area contributed by atoms with Crippen molar-refractivity contribution in [2.24, 2.45) is 0 Å². The van der Waals surface area contributed by atoms with Crippen LogP contribution >= 0.6 is 0 Å². The quantitative estimate of drug-likeness (QED) is 0.236. The van der Waals surface area contributed by atoms with E-state index in [0.29, 0.717) is 0 Å². The van der Waals surface area contributed by atoms with Gasteiger partial charge in [-0.15, -0.1) is 12.1 Å². The standard InChI is InChI=1S/C19H18.2C5H5.Ti/c1-3-15(2)19(17-12-8-5-9-13-17)14-18(19)16-10-6-4-7-11-16;2*1-2-4-5-3-1;/h4-13H,14H2,1-2H3;2*1-5H;/q-2;2*-1;. The molecule has 1 aliphatic rings. The minimum absolute atomic E-state index is 0. The Labute approximate surface area is 196 Å². The fourth-order valence-corrected chi connectivity index (χ4v) is 3.64. The van der Waals surface area contributed by atoms with Gasteiger partial charge in [0.05, 0.1) is 0 Å². The van der Waals surface area contributed by atoms with E-state index in [1.165, 1.54) is 22.6 Å². The van der Waals surface area contributed by atoms with Crippen LogP contribution in [0, 0.1) is 12.0 Å². The second-order valence-electron chi connectivity index (χ2n) is 7.09. The van der Waals surface area contributed by atoms with E-state index in [1.54, 1.807) is 0 Å². The van der Waals surface area contributed by atoms with Gasteiger partial charge < -0.3 is 6.08 Å². The molecule has 4 aromatic carbocycles. The Hall–Kier alpha value is -2.54. The molecule has 0 N–H and O–H groups in total. The van der Waals surface area contributed by atoms with E-state index in [0.717, 1.165) is 6.42 Å². The Balaban J connectivity index is 0.000000239. The minimum atomic E-state index is 0. The molecular formula is C29H28Ti-4. The Kier molecular flexibility index (Phi) is 9.68. The van der Waals surface area contributed by atoms with E-state index in [9.17, 15) is 0 Å². The van der Waals surface area contributed by atoms with Crippen LogP contribution in [0.4, 0.5) is 0 Å². The summed E-state index contributed by atoms with van der Waals surface area (Å²) in [7, 11) is 0. The molecule has 0 aliphatic heterocycles. The molecule has 0 spiro atoms. The maximum atomic E-state index is 3.36. The van der Waals surface area contributed by atoms with E-state index in [1.807, 2.05) is 67.6 Å². The van der Waals surface area contributed by atoms with Gasteiger partial charge >= 0.3 is 0 Å². The predicted octanol–water partition coefficient (Wildman–Crippen LogP) is 7.53. The molecule has 4 aromatic rings. The molecule has 0 nitrogen and oxygen atoms in total. The Morgan fingerprint density at radius 2 is 1.23 bits per heavy atom. The van der Waals surface area contributed by atoms with Gasteiger partial charge in [-0.3, -0.25) is 5.57 Å². The van der Waals surface area contributed by atoms with Crippen molar-refractivity contribution in [3.05, 3.63) is 150 Å². The first-order chi connectivity index (χ1) is 14.3. The average Bonchev–Trinajstić information content (AvgIpc) is 3.24. The Bertz CT molecular complexity index is 874. The molecule has 1 saturated carbocycles. The van der Waals surface area contributed by atoms with Crippen molar-refractivity contribution < 1.29 is 21.7 Å². The van der Waals surface area contributed by atoms with Gasteiger partial charge in [-0.2, -0.15) is 66.9 Å². The molecule has 1 fully saturated rings. The summed E-state index contributed by atoms with van der Waals surface area (Å²) in [5.74, 6) is 1.52. The van der Waals surface area contributed by atoms with Crippen LogP contribution in [0.1, 0.15) is 31.4 Å². The van der Waals surface area contributed by atoms with Crippen molar-refractivity contribution in [1.82, 2.24) is 0 Å². The van der Waals surface area contributed by atoms with E-state index in [-0.39, 0.29) is 27.1 Å². The smallest absolute Gasteiger partial charge is 0 e. The number of hydrogen-bond donors (Lipinski definition) is 0. The average molecular weight is 424 g/mol. The molecule has 1 aliphatic carbocycles. The molecule has 0 saturated heterocycles. The van der Waals surface area contributed by atoms with Gasteiger partial charge in [0.2, 0.25) is 0 Å². The molecule has 5 rings (SSSR count). The molecule has 0 radical (unpaired) electrons. The third-order valence-electron chi connectivity index (χ3n) is 5.35. The largest absolute Gasteiger partial charge is 0.500 e. The van der Waals surface area contributed by atoms with Crippen LogP contribution in [-0.4, -0.2) is 0 Å². The van der Waals surface area contributed by atoms with Gasteiger partial charge in [0.15, 0.2) is 0 Å². The first-order valence-electron chi connectivity index (χ1n) is 10.1. The third kappa shape index (κ3) is 5.98. The molecule has 0 amide bonds. The maximum absolute atomic E-state index is 3.36. The van der Waals surface area contributed by atoms with Gasteiger partial charge in [-0.1, -0.05) is 49.7 Å². The summed E-state index contributed by atoms with van der Waals surface area (Å²) >= 11 is 0. The zero-order valence-electron chi connectivity index (χ0n) is 17.8. The van der Waals surface area contributed by atoms with E-state index >= 15 is 0 Å². The minimum Gasteiger partial charge on any atom is -0.500 e. The summed E-state index contributed by atoms with van der Waals surface area (Å²) in [6.07, 6.45) is 4.48. The number of rotatable bonds is 3. The van der Waals surface area contributed by atoms with Crippen LogP contribution in [0.25, 0.3) is 0 Å². The zero-order valence-corrected chi connectivity index (χ0v) is 19.3. The van der Waals surface area contributed by atoms with Crippen molar-refractivity contribution >= 4 is 0 Å². The second kappa shape index (κ2) is 12.2. The zero-order chi connectivity index (χ0) is 20.4. The van der Waals surface area contributed by atoms with Crippen LogP contribution < -0.4 is 0 Å². The summed E-state index contributed by atoms with van der Waals surface area (Å²) in [5, 5.41) is 0. The van der Waals surface area contributed by atoms with Crippen LogP contribution in [0.3, 0.4) is 0 Å². The molecule has 1 atom stereocenters. The van der Waals surface area contributed by atoms with Crippen molar-refractivity contribution in [3.8, 4) is 0 Å². The molecule has 0 aromatic heterocycles. The maximum Gasteiger partial charge on any atom is 0 e. The van der Waals surface area contributed by atoms with Crippen molar-refractivity contribution in [1.29, 1.82) is 0 Å². The topological polar surface area (TPSA) is 0 Å². The van der Waals surface area contributed by atoms with Crippen LogP contribution in [0.2, 0.25) is 0 Å². The van der Waals surface area contributed by atoms with Gasteiger partial charge in [-0.25, -0.2) is 24.3 Å². The normalized spacial score (nSPS) is 16.9. The Morgan fingerprint density at radius 3 is 1.63 bits per heavy atom. The van der Waals surface area contributed by atoms with Crippen molar-refractivity contribution in [3.63, 3.8) is 0 Å². The fourth-order valence-electron chi connectivity index (χ4n) is 3.64. The van der Waals surface area contributed by atoms with Gasteiger partial charge in [-0.05, 0) is 11.0 Å². The number of hydrogen-bond acceptors (Lipinski definition) is 0. The summed E-state index contributed by atoms with van der Waals surface area (Å²) in [4.78, 5) is 0. The summed E-state index contributed by atoms with van der Waals surface area (Å²) in [6, 6.07) is 41.5. The van der Waals surface area contributed by atoms with Crippen LogP contribution in [-0.2, 0) is 27.1 Å². The molecule has 1 unspecified atom stereocenters. The van der Waals surface area contributed by atoms with E-state index in [2.05, 4.69) is 73.7 Å². The van der Waals surface area contributed by atoms with E-state index < -0.39 is 0 Å². The van der Waals surface area contributed by atoms with Crippen molar-refractivity contribution in [2.75, 3.05) is 0 Å². The molecule has 152 valence electrons. The Morgan fingerprint density at radius 1 is 0.767 bits per heavy atom. The van der Waals surface area contributed by atoms with Gasteiger partial charge in [0.1, 0.15) is 0 Å². The van der Waals surface area contributed by atoms with E-state index in [4.69, 9.17) is 0 Å². The second-order valence-corrected chi connectivity index (χ2v) is 7.09. The van der Waals surface area contributed by atoms with Gasteiger partial charge in [0.25, 0.3) is 0 Å². The predicted molar refractivity (Wildman–Crippen MR) is 124 cm³/mol. The van der Waals surface area contributed by atoms with Gasteiger partial charge in [0, 0.05) is 21.7 Å². The number of benzene rings is 2. The summed E-state index contributed by atoms with van der Waals surface area (Å²) in [6.45, 7) is 4.21. The van der Waals surface area contributed by atoms with Crippen LogP contribution in [0.15, 0.2) is 127 Å². The third-order valence-corrected chi connectivity index (χ3v) is 5.35. The molecule has 30 heavy (non-hydrogen) atoms. The fraction of sp³-hybridized carbons (Fsp3) is 0.138. The summed E-state index contributed by atoms with van der Waals surface area (Å²) in [5.41, 5.74) is 4.18. The summed E-state index contributed by atoms with van der Waals surface area (Å²) < 4.78 is 0. The molecule has 1 heteroatoms. The molecular weight excluding hydrogens is 396 g/mol. The molecule has 0 heterocycles. The number of allylic oxidation sites excluding steroid dienone is 2. The first kappa shape index (κ1) is 23.7. The first-order valence-corrected chi connectivity index (χ1v) is 10.1. The van der Waals surface area contributed by atoms with Crippen molar-refractivity contribution in [2.45, 2.75) is 25.7 Å². The monoisotopic (exact) mass is 424 g/mol. The SMILES string of the molecule is C[C-]=C(C)C1(c2ccccc2)C[C-]1c1ccccc1.[Ti].c1cc[cH-]c1.c1cc[cH-]c1. The van der Waals surface area contributed by atoms with Crippen LogP contribution in [0.5, 0.6) is 0 Å². The molecule has 0 bridgehead atoms.